The molecule has 0 spiro atoms. The molecule has 1 amide bonds. The van der Waals surface area contributed by atoms with Crippen LogP contribution in [0.3, 0.4) is 0 Å². The first-order valence-corrected chi connectivity index (χ1v) is 6.14. The van der Waals surface area contributed by atoms with Crippen molar-refractivity contribution in [1.82, 2.24) is 5.32 Å². The maximum Gasteiger partial charge on any atom is 0.287 e. The van der Waals surface area contributed by atoms with Gasteiger partial charge in [-0.2, -0.15) is 0 Å². The van der Waals surface area contributed by atoms with Gasteiger partial charge in [-0.05, 0) is 36.6 Å². The first-order chi connectivity index (χ1) is 8.70. The van der Waals surface area contributed by atoms with Gasteiger partial charge in [0, 0.05) is 0 Å². The molecule has 18 heavy (non-hydrogen) atoms. The summed E-state index contributed by atoms with van der Waals surface area (Å²) in [4.78, 5) is 11.8. The van der Waals surface area contributed by atoms with Crippen LogP contribution in [-0.4, -0.2) is 5.91 Å². The molecule has 0 bridgehead atoms. The highest BCUT2D eigenvalue weighted by Crippen LogP contribution is 2.14. The second kappa shape index (κ2) is 5.54. The third kappa shape index (κ3) is 2.80. The zero-order valence-electron chi connectivity index (χ0n) is 10.6. The van der Waals surface area contributed by atoms with Crippen molar-refractivity contribution in [2.24, 2.45) is 0 Å². The maximum atomic E-state index is 11.8. The van der Waals surface area contributed by atoms with Crippen molar-refractivity contribution in [3.05, 3.63) is 59.5 Å². The van der Waals surface area contributed by atoms with Gasteiger partial charge in [0.15, 0.2) is 5.76 Å². The molecule has 0 aliphatic carbocycles. The van der Waals surface area contributed by atoms with Crippen LogP contribution in [-0.2, 0) is 6.42 Å². The van der Waals surface area contributed by atoms with Crippen molar-refractivity contribution in [3.8, 4) is 0 Å². The number of carbonyl (C=O) groups excluding carboxylic acids is 1. The van der Waals surface area contributed by atoms with E-state index in [1.807, 2.05) is 19.1 Å². The highest BCUT2D eigenvalue weighted by Gasteiger charge is 2.13. The van der Waals surface area contributed by atoms with E-state index in [0.717, 1.165) is 12.0 Å². The molecule has 0 saturated carbocycles. The Hall–Kier alpha value is -2.03. The van der Waals surface area contributed by atoms with Crippen LogP contribution in [0.5, 0.6) is 0 Å². The van der Waals surface area contributed by atoms with E-state index in [1.165, 1.54) is 11.8 Å². The zero-order chi connectivity index (χ0) is 13.0. The predicted octanol–water partition coefficient (Wildman–Crippen LogP) is 3.33. The van der Waals surface area contributed by atoms with Crippen molar-refractivity contribution in [3.63, 3.8) is 0 Å². The van der Waals surface area contributed by atoms with E-state index < -0.39 is 0 Å². The van der Waals surface area contributed by atoms with E-state index in [4.69, 9.17) is 4.42 Å². The summed E-state index contributed by atoms with van der Waals surface area (Å²) < 4.78 is 5.06. The number of hydrogen-bond donors (Lipinski definition) is 1. The molecule has 1 aromatic carbocycles. The smallest absolute Gasteiger partial charge is 0.287 e. The van der Waals surface area contributed by atoms with Crippen LogP contribution in [0, 0.1) is 0 Å². The van der Waals surface area contributed by atoms with Crippen molar-refractivity contribution >= 4 is 5.91 Å². The molecule has 2 rings (SSSR count). The normalized spacial score (nSPS) is 12.1. The van der Waals surface area contributed by atoms with Gasteiger partial charge in [0.25, 0.3) is 5.91 Å². The summed E-state index contributed by atoms with van der Waals surface area (Å²) in [6, 6.07) is 11.6. The van der Waals surface area contributed by atoms with Crippen LogP contribution < -0.4 is 5.32 Å². The first-order valence-electron chi connectivity index (χ1n) is 6.14. The van der Waals surface area contributed by atoms with Crippen molar-refractivity contribution < 1.29 is 9.21 Å². The zero-order valence-corrected chi connectivity index (χ0v) is 10.6. The minimum Gasteiger partial charge on any atom is -0.459 e. The molecule has 0 aliphatic rings. The second-order valence-corrected chi connectivity index (χ2v) is 4.27. The average Bonchev–Trinajstić information content (AvgIpc) is 2.92. The van der Waals surface area contributed by atoms with E-state index in [0.29, 0.717) is 5.76 Å². The topological polar surface area (TPSA) is 42.2 Å². The van der Waals surface area contributed by atoms with Crippen molar-refractivity contribution in [2.75, 3.05) is 0 Å². The van der Waals surface area contributed by atoms with Crippen LogP contribution in [0.1, 0.15) is 41.6 Å². The molecule has 0 unspecified atom stereocenters. The second-order valence-electron chi connectivity index (χ2n) is 4.27. The van der Waals surface area contributed by atoms with Gasteiger partial charge in [-0.25, -0.2) is 0 Å². The molecule has 0 radical (unpaired) electrons. The van der Waals surface area contributed by atoms with Gasteiger partial charge in [-0.15, -0.1) is 0 Å². The Morgan fingerprint density at radius 1 is 1.28 bits per heavy atom. The molecule has 3 heteroatoms. The number of benzene rings is 1. The highest BCUT2D eigenvalue weighted by atomic mass is 16.3. The van der Waals surface area contributed by atoms with Gasteiger partial charge in [0.1, 0.15) is 0 Å². The third-order valence-electron chi connectivity index (χ3n) is 2.98. The number of rotatable bonds is 4. The molecule has 3 nitrogen and oxygen atoms in total. The molecule has 0 aliphatic heterocycles. The minimum atomic E-state index is -0.188. The summed E-state index contributed by atoms with van der Waals surface area (Å²) in [5.41, 5.74) is 2.38. The first kappa shape index (κ1) is 12.4. The Kier molecular flexibility index (Phi) is 3.82. The molecule has 0 fully saturated rings. The number of aryl methyl sites for hydroxylation is 1. The number of carbonyl (C=O) groups is 1. The van der Waals surface area contributed by atoms with E-state index in [-0.39, 0.29) is 11.9 Å². The minimum absolute atomic E-state index is 0.0338. The monoisotopic (exact) mass is 243 g/mol. The molecule has 94 valence electrons. The Morgan fingerprint density at radius 3 is 2.56 bits per heavy atom. The number of nitrogens with one attached hydrogen (secondary N) is 1. The standard InChI is InChI=1S/C15H17NO2/c1-3-12-6-8-13(9-7-12)11(2)16-15(17)14-5-4-10-18-14/h4-11H,3H2,1-2H3,(H,16,17)/t11-/m1/s1. The lowest BCUT2D eigenvalue weighted by Gasteiger charge is -2.13. The lowest BCUT2D eigenvalue weighted by atomic mass is 10.0. The third-order valence-corrected chi connectivity index (χ3v) is 2.98. The van der Waals surface area contributed by atoms with Crippen LogP contribution in [0.4, 0.5) is 0 Å². The fraction of sp³-hybridized carbons (Fsp3) is 0.267. The SMILES string of the molecule is CCc1ccc([C@@H](C)NC(=O)c2ccco2)cc1. The molecule has 2 aromatic rings. The molecule has 0 saturated heterocycles. The molecule has 1 atom stereocenters. The van der Waals surface area contributed by atoms with E-state index in [2.05, 4.69) is 24.4 Å². The van der Waals surface area contributed by atoms with Crippen LogP contribution in [0.2, 0.25) is 0 Å². The Labute approximate surface area is 107 Å². The highest BCUT2D eigenvalue weighted by molar-refractivity contribution is 5.91. The number of hydrogen-bond acceptors (Lipinski definition) is 2. The van der Waals surface area contributed by atoms with Crippen molar-refractivity contribution in [1.29, 1.82) is 0 Å². The summed E-state index contributed by atoms with van der Waals surface area (Å²) in [5.74, 6) is 0.152. The molecule has 1 heterocycles. The summed E-state index contributed by atoms with van der Waals surface area (Å²) in [6.45, 7) is 4.08. The van der Waals surface area contributed by atoms with Crippen LogP contribution in [0.15, 0.2) is 47.1 Å². The molecular weight excluding hydrogens is 226 g/mol. The Bertz CT molecular complexity index is 500. The van der Waals surface area contributed by atoms with Gasteiger partial charge < -0.3 is 9.73 Å². The summed E-state index contributed by atoms with van der Waals surface area (Å²) >= 11 is 0. The van der Waals surface area contributed by atoms with E-state index in [9.17, 15) is 4.79 Å². The number of furan rings is 1. The fourth-order valence-corrected chi connectivity index (χ4v) is 1.80. The summed E-state index contributed by atoms with van der Waals surface area (Å²) in [6.07, 6.45) is 2.52. The maximum absolute atomic E-state index is 11.8. The summed E-state index contributed by atoms with van der Waals surface area (Å²) in [5, 5.41) is 2.90. The largest absolute Gasteiger partial charge is 0.459 e. The van der Waals surface area contributed by atoms with Gasteiger partial charge >= 0.3 is 0 Å². The molecule has 1 aromatic heterocycles. The van der Waals surface area contributed by atoms with Gasteiger partial charge in [-0.3, -0.25) is 4.79 Å². The van der Waals surface area contributed by atoms with E-state index >= 15 is 0 Å². The van der Waals surface area contributed by atoms with Crippen LogP contribution in [0.25, 0.3) is 0 Å². The van der Waals surface area contributed by atoms with Gasteiger partial charge in [0.2, 0.25) is 0 Å². The lowest BCUT2D eigenvalue weighted by molar-refractivity contribution is 0.0912. The van der Waals surface area contributed by atoms with Crippen molar-refractivity contribution in [2.45, 2.75) is 26.3 Å². The average molecular weight is 243 g/mol. The molecule has 1 N–H and O–H groups in total. The van der Waals surface area contributed by atoms with E-state index in [1.54, 1.807) is 12.1 Å². The Morgan fingerprint density at radius 2 is 2.00 bits per heavy atom. The lowest BCUT2D eigenvalue weighted by Crippen LogP contribution is -2.26. The van der Waals surface area contributed by atoms with Crippen LogP contribution >= 0.6 is 0 Å². The summed E-state index contributed by atoms with van der Waals surface area (Å²) in [7, 11) is 0. The predicted molar refractivity (Wildman–Crippen MR) is 70.4 cm³/mol. The van der Waals surface area contributed by atoms with Gasteiger partial charge in [0.05, 0.1) is 12.3 Å². The number of amides is 1. The Balaban J connectivity index is 2.02. The van der Waals surface area contributed by atoms with Gasteiger partial charge in [-0.1, -0.05) is 31.2 Å². The fourth-order valence-electron chi connectivity index (χ4n) is 1.80. The quantitative estimate of drug-likeness (QED) is 0.895. The molecular formula is C15H17NO2.